The number of carbonyl (C=O) groups is 1. The molecule has 21 heavy (non-hydrogen) atoms. The van der Waals surface area contributed by atoms with Gasteiger partial charge in [-0.15, -0.1) is 0 Å². The zero-order chi connectivity index (χ0) is 15.1. The largest absolute Gasteiger partial charge is 0.397 e. The molecule has 1 atom stereocenters. The van der Waals surface area contributed by atoms with Gasteiger partial charge in [-0.3, -0.25) is 4.79 Å². The third kappa shape index (κ3) is 5.77. The standard InChI is InChI=1S/C15H21ClN2O2S/c16-11-5-6-14(13(17)9-11)18-15(19)4-2-8-21-10-12-3-1-7-20-12/h5-6,9,12H,1-4,7-8,10,17H2,(H,18,19). The van der Waals surface area contributed by atoms with Crippen molar-refractivity contribution in [3.05, 3.63) is 23.2 Å². The number of benzene rings is 1. The van der Waals surface area contributed by atoms with E-state index in [9.17, 15) is 4.79 Å². The van der Waals surface area contributed by atoms with Gasteiger partial charge in [0.25, 0.3) is 0 Å². The van der Waals surface area contributed by atoms with Gasteiger partial charge in [-0.05, 0) is 43.2 Å². The van der Waals surface area contributed by atoms with Crippen LogP contribution in [0.5, 0.6) is 0 Å². The van der Waals surface area contributed by atoms with Crippen LogP contribution in [0, 0.1) is 0 Å². The van der Waals surface area contributed by atoms with E-state index in [4.69, 9.17) is 22.1 Å². The van der Waals surface area contributed by atoms with Gasteiger partial charge < -0.3 is 15.8 Å². The molecule has 1 saturated heterocycles. The van der Waals surface area contributed by atoms with Crippen LogP contribution in [0.4, 0.5) is 11.4 Å². The monoisotopic (exact) mass is 328 g/mol. The molecule has 0 saturated carbocycles. The van der Waals surface area contributed by atoms with Crippen LogP contribution < -0.4 is 11.1 Å². The molecule has 6 heteroatoms. The number of hydrogen-bond acceptors (Lipinski definition) is 4. The first-order valence-corrected chi connectivity index (χ1v) is 8.72. The highest BCUT2D eigenvalue weighted by molar-refractivity contribution is 7.99. The molecule has 1 aliphatic heterocycles. The zero-order valence-electron chi connectivity index (χ0n) is 11.9. The number of rotatable bonds is 7. The predicted molar refractivity (Wildman–Crippen MR) is 90.0 cm³/mol. The van der Waals surface area contributed by atoms with Crippen molar-refractivity contribution in [3.8, 4) is 0 Å². The summed E-state index contributed by atoms with van der Waals surface area (Å²) in [6, 6.07) is 5.07. The van der Waals surface area contributed by atoms with Crippen LogP contribution in [-0.2, 0) is 9.53 Å². The number of halogens is 1. The van der Waals surface area contributed by atoms with Crippen molar-refractivity contribution < 1.29 is 9.53 Å². The first-order chi connectivity index (χ1) is 10.1. The summed E-state index contributed by atoms with van der Waals surface area (Å²) >= 11 is 7.68. The molecule has 4 nitrogen and oxygen atoms in total. The fourth-order valence-electron chi connectivity index (χ4n) is 2.19. The smallest absolute Gasteiger partial charge is 0.224 e. The quantitative estimate of drug-likeness (QED) is 0.593. The summed E-state index contributed by atoms with van der Waals surface area (Å²) in [5.74, 6) is 2.00. The third-order valence-electron chi connectivity index (χ3n) is 3.31. The molecule has 1 aromatic rings. The number of ether oxygens (including phenoxy) is 1. The van der Waals surface area contributed by atoms with E-state index in [-0.39, 0.29) is 5.91 Å². The molecule has 1 aliphatic rings. The van der Waals surface area contributed by atoms with Crippen LogP contribution in [0.2, 0.25) is 5.02 Å². The van der Waals surface area contributed by atoms with Crippen LogP contribution in [0.25, 0.3) is 0 Å². The second-order valence-corrected chi connectivity index (χ2v) is 6.68. The van der Waals surface area contributed by atoms with Gasteiger partial charge in [0.05, 0.1) is 17.5 Å². The highest BCUT2D eigenvalue weighted by atomic mass is 35.5. The molecule has 2 rings (SSSR count). The van der Waals surface area contributed by atoms with E-state index in [1.807, 2.05) is 11.8 Å². The Balaban J connectivity index is 1.60. The van der Waals surface area contributed by atoms with Crippen molar-refractivity contribution in [1.82, 2.24) is 0 Å². The van der Waals surface area contributed by atoms with Gasteiger partial charge in [-0.1, -0.05) is 11.6 Å². The summed E-state index contributed by atoms with van der Waals surface area (Å²) < 4.78 is 5.56. The van der Waals surface area contributed by atoms with Crippen molar-refractivity contribution in [2.24, 2.45) is 0 Å². The molecule has 0 aromatic heterocycles. The van der Waals surface area contributed by atoms with Crippen molar-refractivity contribution in [1.29, 1.82) is 0 Å². The third-order valence-corrected chi connectivity index (χ3v) is 4.73. The van der Waals surface area contributed by atoms with Gasteiger partial charge >= 0.3 is 0 Å². The Bertz CT molecular complexity index is 479. The highest BCUT2D eigenvalue weighted by Gasteiger charge is 2.14. The molecule has 1 fully saturated rings. The Morgan fingerprint density at radius 1 is 1.52 bits per heavy atom. The molecular formula is C15H21ClN2O2S. The lowest BCUT2D eigenvalue weighted by molar-refractivity contribution is -0.116. The van der Waals surface area contributed by atoms with Gasteiger partial charge in [0.2, 0.25) is 5.91 Å². The van der Waals surface area contributed by atoms with Crippen LogP contribution in [0.3, 0.4) is 0 Å². The molecule has 0 aliphatic carbocycles. The van der Waals surface area contributed by atoms with Gasteiger partial charge in [-0.25, -0.2) is 0 Å². The molecule has 0 bridgehead atoms. The Kier molecular flexibility index (Phi) is 6.67. The van der Waals surface area contributed by atoms with E-state index in [0.29, 0.717) is 28.9 Å². The lowest BCUT2D eigenvalue weighted by Gasteiger charge is -2.09. The summed E-state index contributed by atoms with van der Waals surface area (Å²) in [5.41, 5.74) is 6.91. The number of anilines is 2. The number of nitrogens with two attached hydrogens (primary N) is 1. The summed E-state index contributed by atoms with van der Waals surface area (Å²) in [7, 11) is 0. The van der Waals surface area contributed by atoms with E-state index in [2.05, 4.69) is 5.32 Å². The topological polar surface area (TPSA) is 64.3 Å². The summed E-state index contributed by atoms with van der Waals surface area (Å²) in [4.78, 5) is 11.8. The molecule has 0 spiro atoms. The van der Waals surface area contributed by atoms with Crippen LogP contribution >= 0.6 is 23.4 Å². The number of nitrogen functional groups attached to an aromatic ring is 1. The average Bonchev–Trinajstić information content (AvgIpc) is 2.95. The first-order valence-electron chi connectivity index (χ1n) is 7.19. The minimum absolute atomic E-state index is 0.0123. The van der Waals surface area contributed by atoms with E-state index in [1.165, 1.54) is 12.8 Å². The average molecular weight is 329 g/mol. The molecular weight excluding hydrogens is 308 g/mol. The van der Waals surface area contributed by atoms with E-state index < -0.39 is 0 Å². The van der Waals surface area contributed by atoms with Crippen molar-refractivity contribution >= 4 is 40.6 Å². The second kappa shape index (κ2) is 8.51. The van der Waals surface area contributed by atoms with Crippen molar-refractivity contribution in [2.75, 3.05) is 29.2 Å². The van der Waals surface area contributed by atoms with Crippen molar-refractivity contribution in [3.63, 3.8) is 0 Å². The Hall–Kier alpha value is -0.910. The molecule has 1 heterocycles. The number of thioether (sulfide) groups is 1. The van der Waals surface area contributed by atoms with Crippen LogP contribution in [0.1, 0.15) is 25.7 Å². The summed E-state index contributed by atoms with van der Waals surface area (Å²) in [6.45, 7) is 0.899. The Labute approximate surface area is 134 Å². The lowest BCUT2D eigenvalue weighted by Crippen LogP contribution is -2.13. The fraction of sp³-hybridized carbons (Fsp3) is 0.533. The maximum absolute atomic E-state index is 11.8. The molecule has 0 radical (unpaired) electrons. The van der Waals surface area contributed by atoms with E-state index in [1.54, 1.807) is 18.2 Å². The molecule has 3 N–H and O–H groups in total. The summed E-state index contributed by atoms with van der Waals surface area (Å²) in [6.07, 6.45) is 4.12. The maximum Gasteiger partial charge on any atom is 0.224 e. The summed E-state index contributed by atoms with van der Waals surface area (Å²) in [5, 5.41) is 3.38. The Morgan fingerprint density at radius 3 is 3.10 bits per heavy atom. The molecule has 116 valence electrons. The van der Waals surface area contributed by atoms with Crippen molar-refractivity contribution in [2.45, 2.75) is 31.8 Å². The second-order valence-electron chi connectivity index (χ2n) is 5.09. The lowest BCUT2D eigenvalue weighted by atomic mass is 10.2. The first kappa shape index (κ1) is 16.5. The highest BCUT2D eigenvalue weighted by Crippen LogP contribution is 2.23. The zero-order valence-corrected chi connectivity index (χ0v) is 13.5. The number of amides is 1. The Morgan fingerprint density at radius 2 is 2.38 bits per heavy atom. The fourth-order valence-corrected chi connectivity index (χ4v) is 3.41. The predicted octanol–water partition coefficient (Wildman–Crippen LogP) is 3.55. The van der Waals surface area contributed by atoms with Gasteiger partial charge in [0.15, 0.2) is 0 Å². The van der Waals surface area contributed by atoms with Gasteiger partial charge in [-0.2, -0.15) is 11.8 Å². The minimum Gasteiger partial charge on any atom is -0.397 e. The minimum atomic E-state index is -0.0123. The molecule has 1 unspecified atom stereocenters. The molecule has 1 aromatic carbocycles. The number of carbonyl (C=O) groups excluding carboxylic acids is 1. The van der Waals surface area contributed by atoms with Crippen LogP contribution in [-0.4, -0.2) is 30.1 Å². The maximum atomic E-state index is 11.8. The van der Waals surface area contributed by atoms with Gasteiger partial charge in [0.1, 0.15) is 0 Å². The number of hydrogen-bond donors (Lipinski definition) is 2. The van der Waals surface area contributed by atoms with Crippen LogP contribution in [0.15, 0.2) is 18.2 Å². The molecule has 1 amide bonds. The number of nitrogens with one attached hydrogen (secondary N) is 1. The van der Waals surface area contributed by atoms with E-state index >= 15 is 0 Å². The normalized spacial score (nSPS) is 17.9. The SMILES string of the molecule is Nc1cc(Cl)ccc1NC(=O)CCCSCC1CCCO1. The van der Waals surface area contributed by atoms with Gasteiger partial charge in [0, 0.05) is 23.8 Å². The van der Waals surface area contributed by atoms with E-state index in [0.717, 1.165) is 24.5 Å².